The van der Waals surface area contributed by atoms with E-state index in [4.69, 9.17) is 11.5 Å². The van der Waals surface area contributed by atoms with E-state index in [2.05, 4.69) is 21.8 Å². The first-order chi connectivity index (χ1) is 10.1. The third kappa shape index (κ3) is 4.46. The Hall–Kier alpha value is -2.08. The van der Waals surface area contributed by atoms with Gasteiger partial charge in [-0.2, -0.15) is 0 Å². The number of H-pyrrole nitrogens is 1. The molecule has 0 atom stereocenters. The Bertz CT molecular complexity index is 607. The van der Waals surface area contributed by atoms with E-state index in [9.17, 15) is 4.79 Å². The number of nitrogens with one attached hydrogen (secondary N) is 1. The summed E-state index contributed by atoms with van der Waals surface area (Å²) in [6, 6.07) is 5.63. The van der Waals surface area contributed by atoms with Crippen LogP contribution in [0.25, 0.3) is 11.0 Å². The smallest absolute Gasteiger partial charge is 0.231 e. The molecule has 0 fully saturated rings. The maximum atomic E-state index is 11.1. The van der Waals surface area contributed by atoms with Crippen LogP contribution in [-0.4, -0.2) is 40.4 Å². The molecule has 0 saturated carbocycles. The van der Waals surface area contributed by atoms with Crippen LogP contribution in [0.5, 0.6) is 0 Å². The number of rotatable bonds is 8. The molecule has 1 heterocycles. The molecule has 0 unspecified atom stereocenters. The third-order valence-corrected chi connectivity index (χ3v) is 3.43. The number of carbonyl (C=O) groups is 1. The van der Waals surface area contributed by atoms with Crippen LogP contribution in [0.1, 0.15) is 25.6 Å². The first-order valence-corrected chi connectivity index (χ1v) is 7.33. The summed E-state index contributed by atoms with van der Waals surface area (Å²) >= 11 is 0. The highest BCUT2D eigenvalue weighted by molar-refractivity contribution is 5.78. The predicted octanol–water partition coefficient (Wildman–Crippen LogP) is 1.28. The summed E-state index contributed by atoms with van der Waals surface area (Å²) in [6.45, 7) is 4.07. The van der Waals surface area contributed by atoms with Crippen molar-refractivity contribution in [3.05, 3.63) is 24.0 Å². The van der Waals surface area contributed by atoms with Crippen LogP contribution in [0.3, 0.4) is 0 Å². The Kier molecular flexibility index (Phi) is 5.16. The highest BCUT2D eigenvalue weighted by atomic mass is 16.1. The molecule has 0 aliphatic rings. The number of nitrogen functional groups attached to an aromatic ring is 1. The van der Waals surface area contributed by atoms with Crippen LogP contribution in [0.15, 0.2) is 18.2 Å². The van der Waals surface area contributed by atoms with Crippen molar-refractivity contribution in [3.63, 3.8) is 0 Å². The van der Waals surface area contributed by atoms with Gasteiger partial charge < -0.3 is 16.5 Å². The lowest BCUT2D eigenvalue weighted by molar-refractivity contribution is -0.119. The molecule has 6 nitrogen and oxygen atoms in total. The average molecular weight is 289 g/mol. The number of nitrogens with two attached hydrogens (primary N) is 2. The first-order valence-electron chi connectivity index (χ1n) is 7.33. The lowest BCUT2D eigenvalue weighted by Gasteiger charge is -2.19. The van der Waals surface area contributed by atoms with Crippen molar-refractivity contribution in [2.24, 2.45) is 5.73 Å². The fourth-order valence-electron chi connectivity index (χ4n) is 2.33. The van der Waals surface area contributed by atoms with Crippen LogP contribution in [0.2, 0.25) is 0 Å². The zero-order valence-corrected chi connectivity index (χ0v) is 12.4. The number of hydrogen-bond donors (Lipinski definition) is 3. The van der Waals surface area contributed by atoms with Crippen molar-refractivity contribution < 1.29 is 4.79 Å². The second-order valence-electron chi connectivity index (χ2n) is 5.31. The molecule has 5 N–H and O–H groups in total. The number of imidazole rings is 1. The van der Waals surface area contributed by atoms with Crippen molar-refractivity contribution in [1.29, 1.82) is 0 Å². The lowest BCUT2D eigenvalue weighted by atomic mass is 10.3. The SMILES string of the molecule is CCCCN(CCc1nc2ccc(N)cc2[nH]1)CC(N)=O. The normalized spacial score (nSPS) is 11.3. The molecule has 2 aromatic rings. The quantitative estimate of drug-likeness (QED) is 0.637. The van der Waals surface area contributed by atoms with E-state index in [1.54, 1.807) is 0 Å². The number of unbranched alkanes of at least 4 members (excludes halogenated alkanes) is 1. The van der Waals surface area contributed by atoms with Crippen molar-refractivity contribution in [2.75, 3.05) is 25.4 Å². The minimum Gasteiger partial charge on any atom is -0.399 e. The van der Waals surface area contributed by atoms with Crippen LogP contribution < -0.4 is 11.5 Å². The molecule has 0 spiro atoms. The molecule has 1 amide bonds. The third-order valence-electron chi connectivity index (χ3n) is 3.43. The van der Waals surface area contributed by atoms with Gasteiger partial charge in [-0.15, -0.1) is 0 Å². The highest BCUT2D eigenvalue weighted by Crippen LogP contribution is 2.15. The monoisotopic (exact) mass is 289 g/mol. The van der Waals surface area contributed by atoms with Gasteiger partial charge in [-0.05, 0) is 31.2 Å². The number of benzene rings is 1. The molecule has 1 aromatic carbocycles. The maximum absolute atomic E-state index is 11.1. The highest BCUT2D eigenvalue weighted by Gasteiger charge is 2.10. The summed E-state index contributed by atoms with van der Waals surface area (Å²) in [5.41, 5.74) is 13.6. The summed E-state index contributed by atoms with van der Waals surface area (Å²) < 4.78 is 0. The second-order valence-corrected chi connectivity index (χ2v) is 5.31. The molecule has 114 valence electrons. The zero-order chi connectivity index (χ0) is 15.2. The Morgan fingerprint density at radius 2 is 2.19 bits per heavy atom. The number of fused-ring (bicyclic) bond motifs is 1. The number of aromatic amines is 1. The molecule has 0 aliphatic heterocycles. The van der Waals surface area contributed by atoms with Crippen molar-refractivity contribution in [3.8, 4) is 0 Å². The number of nitrogens with zero attached hydrogens (tertiary/aromatic N) is 2. The fraction of sp³-hybridized carbons (Fsp3) is 0.467. The summed E-state index contributed by atoms with van der Waals surface area (Å²) in [5, 5.41) is 0. The molecule has 0 radical (unpaired) electrons. The summed E-state index contributed by atoms with van der Waals surface area (Å²) in [7, 11) is 0. The minimum absolute atomic E-state index is 0.288. The van der Waals surface area contributed by atoms with Crippen LogP contribution in [0, 0.1) is 0 Å². The molecule has 0 aliphatic carbocycles. The standard InChI is InChI=1S/C15H23N5O/c1-2-3-7-20(10-14(17)21)8-6-15-18-12-5-4-11(16)9-13(12)19-15/h4-5,9H,2-3,6-8,10,16H2,1H3,(H2,17,21)(H,18,19). The molecular formula is C15H23N5O. The van der Waals surface area contributed by atoms with Crippen molar-refractivity contribution in [2.45, 2.75) is 26.2 Å². The molecule has 2 rings (SSSR count). The number of carbonyl (C=O) groups excluding carboxylic acids is 1. The molecule has 1 aromatic heterocycles. The minimum atomic E-state index is -0.288. The topological polar surface area (TPSA) is 101 Å². The predicted molar refractivity (Wildman–Crippen MR) is 84.8 cm³/mol. The second kappa shape index (κ2) is 7.08. The van der Waals surface area contributed by atoms with E-state index in [0.717, 1.165) is 54.9 Å². The Morgan fingerprint density at radius 1 is 1.38 bits per heavy atom. The Labute approximate surface area is 124 Å². The average Bonchev–Trinajstić information content (AvgIpc) is 2.83. The van der Waals surface area contributed by atoms with E-state index in [1.165, 1.54) is 0 Å². The fourth-order valence-corrected chi connectivity index (χ4v) is 2.33. The van der Waals surface area contributed by atoms with Crippen molar-refractivity contribution >= 4 is 22.6 Å². The van der Waals surface area contributed by atoms with Gasteiger partial charge in [-0.3, -0.25) is 9.69 Å². The van der Waals surface area contributed by atoms with Crippen LogP contribution in [-0.2, 0) is 11.2 Å². The largest absolute Gasteiger partial charge is 0.399 e. The van der Waals surface area contributed by atoms with E-state index >= 15 is 0 Å². The lowest BCUT2D eigenvalue weighted by Crippen LogP contribution is -2.36. The van der Waals surface area contributed by atoms with E-state index < -0.39 is 0 Å². The Balaban J connectivity index is 1.98. The van der Waals surface area contributed by atoms with Crippen molar-refractivity contribution in [1.82, 2.24) is 14.9 Å². The van der Waals surface area contributed by atoms with E-state index in [0.29, 0.717) is 6.54 Å². The summed E-state index contributed by atoms with van der Waals surface area (Å²) in [5.74, 6) is 0.616. The van der Waals surface area contributed by atoms with Gasteiger partial charge in [0.05, 0.1) is 17.6 Å². The number of anilines is 1. The Morgan fingerprint density at radius 3 is 2.90 bits per heavy atom. The molecule has 0 bridgehead atoms. The number of aromatic nitrogens is 2. The van der Waals surface area contributed by atoms with Crippen LogP contribution in [0.4, 0.5) is 5.69 Å². The van der Waals surface area contributed by atoms with Gasteiger partial charge in [-0.25, -0.2) is 4.98 Å². The van der Waals surface area contributed by atoms with Gasteiger partial charge in [0.2, 0.25) is 5.91 Å². The van der Waals surface area contributed by atoms with Gasteiger partial charge in [-0.1, -0.05) is 13.3 Å². The van der Waals surface area contributed by atoms with Gasteiger partial charge >= 0.3 is 0 Å². The number of hydrogen-bond acceptors (Lipinski definition) is 4. The first kappa shape index (κ1) is 15.3. The summed E-state index contributed by atoms with van der Waals surface area (Å²) in [6.07, 6.45) is 2.91. The molecule has 6 heteroatoms. The van der Waals surface area contributed by atoms with E-state index in [-0.39, 0.29) is 5.91 Å². The molecule has 21 heavy (non-hydrogen) atoms. The van der Waals surface area contributed by atoms with Gasteiger partial charge in [0.15, 0.2) is 0 Å². The van der Waals surface area contributed by atoms with E-state index in [1.807, 2.05) is 18.2 Å². The summed E-state index contributed by atoms with van der Waals surface area (Å²) in [4.78, 5) is 21.0. The molecular weight excluding hydrogens is 266 g/mol. The number of amides is 1. The maximum Gasteiger partial charge on any atom is 0.231 e. The number of primary amides is 1. The van der Waals surface area contributed by atoms with Gasteiger partial charge in [0.1, 0.15) is 5.82 Å². The zero-order valence-electron chi connectivity index (χ0n) is 12.4. The van der Waals surface area contributed by atoms with Gasteiger partial charge in [0.25, 0.3) is 0 Å². The van der Waals surface area contributed by atoms with Crippen LogP contribution >= 0.6 is 0 Å². The van der Waals surface area contributed by atoms with Gasteiger partial charge in [0, 0.05) is 18.7 Å². The molecule has 0 saturated heterocycles.